The van der Waals surface area contributed by atoms with E-state index in [1.165, 1.54) is 12.3 Å². The Morgan fingerprint density at radius 1 is 1.00 bits per heavy atom. The lowest BCUT2D eigenvalue weighted by atomic mass is 10.0. The number of fused-ring (bicyclic) bond motifs is 3. The minimum atomic E-state index is -0.675. The van der Waals surface area contributed by atoms with E-state index in [2.05, 4.69) is 4.98 Å². The quantitative estimate of drug-likeness (QED) is 0.758. The number of benzene rings is 2. The number of carbonyl (C=O) groups excluding carboxylic acids is 1. The fourth-order valence-corrected chi connectivity index (χ4v) is 3.50. The van der Waals surface area contributed by atoms with E-state index in [1.54, 1.807) is 11.9 Å². The van der Waals surface area contributed by atoms with Crippen LogP contribution in [0, 0.1) is 0 Å². The molecule has 4 rings (SSSR count). The van der Waals surface area contributed by atoms with Crippen LogP contribution in [0.25, 0.3) is 11.1 Å². The van der Waals surface area contributed by atoms with Gasteiger partial charge in [-0.15, -0.1) is 0 Å². The molecule has 0 unspecified atom stereocenters. The van der Waals surface area contributed by atoms with Gasteiger partial charge in [-0.25, -0.2) is 0 Å². The van der Waals surface area contributed by atoms with Crippen molar-refractivity contribution in [2.45, 2.75) is 6.04 Å². The smallest absolute Gasteiger partial charge is 0.290 e. The lowest BCUT2D eigenvalue weighted by Gasteiger charge is -2.26. The SMILES string of the molecule is CN(C(=O)c1cc[nH]c(=O)c1O)C1c2ccccc2-c2ccccc21. The Hall–Kier alpha value is -3.34. The van der Waals surface area contributed by atoms with Gasteiger partial charge in [0, 0.05) is 13.2 Å². The summed E-state index contributed by atoms with van der Waals surface area (Å²) >= 11 is 0. The highest BCUT2D eigenvalue weighted by atomic mass is 16.3. The van der Waals surface area contributed by atoms with Crippen molar-refractivity contribution in [1.82, 2.24) is 9.88 Å². The molecule has 124 valence electrons. The molecule has 3 aromatic rings. The van der Waals surface area contributed by atoms with Gasteiger partial charge in [-0.1, -0.05) is 48.5 Å². The number of carbonyl (C=O) groups is 1. The highest BCUT2D eigenvalue weighted by molar-refractivity contribution is 5.97. The summed E-state index contributed by atoms with van der Waals surface area (Å²) in [5, 5.41) is 9.96. The van der Waals surface area contributed by atoms with Gasteiger partial charge in [-0.2, -0.15) is 0 Å². The zero-order valence-electron chi connectivity index (χ0n) is 13.6. The molecule has 0 spiro atoms. The monoisotopic (exact) mass is 332 g/mol. The molecule has 0 fully saturated rings. The topological polar surface area (TPSA) is 73.4 Å². The fraction of sp³-hybridized carbons (Fsp3) is 0.100. The average Bonchev–Trinajstić information content (AvgIpc) is 2.97. The number of nitrogens with one attached hydrogen (secondary N) is 1. The van der Waals surface area contributed by atoms with Crippen molar-refractivity contribution in [2.24, 2.45) is 0 Å². The zero-order chi connectivity index (χ0) is 17.6. The molecule has 1 amide bonds. The minimum Gasteiger partial charge on any atom is -0.502 e. The van der Waals surface area contributed by atoms with E-state index in [9.17, 15) is 14.7 Å². The van der Waals surface area contributed by atoms with Crippen LogP contribution in [-0.2, 0) is 0 Å². The van der Waals surface area contributed by atoms with Crippen LogP contribution >= 0.6 is 0 Å². The first kappa shape index (κ1) is 15.2. The summed E-state index contributed by atoms with van der Waals surface area (Å²) in [6.45, 7) is 0. The molecule has 5 nitrogen and oxygen atoms in total. The molecule has 2 N–H and O–H groups in total. The number of hydrogen-bond donors (Lipinski definition) is 2. The Morgan fingerprint density at radius 3 is 2.16 bits per heavy atom. The van der Waals surface area contributed by atoms with E-state index < -0.39 is 17.2 Å². The van der Waals surface area contributed by atoms with Gasteiger partial charge in [-0.05, 0) is 28.3 Å². The lowest BCUT2D eigenvalue weighted by molar-refractivity contribution is 0.0754. The molecule has 1 aromatic heterocycles. The van der Waals surface area contributed by atoms with Gasteiger partial charge in [0.05, 0.1) is 11.6 Å². The highest BCUT2D eigenvalue weighted by Gasteiger charge is 2.34. The van der Waals surface area contributed by atoms with Crippen LogP contribution in [0.4, 0.5) is 0 Å². The standard InChI is InChI=1S/C20H16N2O3/c1-22(20(25)16-10-11-21-19(24)18(16)23)17-14-8-4-2-6-12(14)13-7-3-5-9-15(13)17/h2-11,17,23H,1H3,(H,21,24). The van der Waals surface area contributed by atoms with E-state index >= 15 is 0 Å². The molecule has 2 aromatic carbocycles. The van der Waals surface area contributed by atoms with E-state index in [0.29, 0.717) is 0 Å². The van der Waals surface area contributed by atoms with E-state index in [1.807, 2.05) is 48.5 Å². The van der Waals surface area contributed by atoms with Crippen molar-refractivity contribution >= 4 is 5.91 Å². The maximum Gasteiger partial charge on any atom is 0.290 e. The number of aromatic hydroxyl groups is 1. The lowest BCUT2D eigenvalue weighted by Crippen LogP contribution is -2.31. The van der Waals surface area contributed by atoms with Crippen molar-refractivity contribution in [3.8, 4) is 16.9 Å². The maximum absolute atomic E-state index is 12.9. The summed E-state index contributed by atoms with van der Waals surface area (Å²) in [5.74, 6) is -0.959. The first-order chi connectivity index (χ1) is 12.1. The van der Waals surface area contributed by atoms with Crippen molar-refractivity contribution in [2.75, 3.05) is 7.05 Å². The molecule has 1 heterocycles. The van der Waals surface area contributed by atoms with Crippen LogP contribution in [0.15, 0.2) is 65.6 Å². The number of aromatic nitrogens is 1. The molecule has 0 atom stereocenters. The number of rotatable bonds is 2. The molecular formula is C20H16N2O3. The Morgan fingerprint density at radius 2 is 1.56 bits per heavy atom. The number of amides is 1. The largest absolute Gasteiger partial charge is 0.502 e. The van der Waals surface area contributed by atoms with Gasteiger partial charge in [0.1, 0.15) is 0 Å². The predicted molar refractivity (Wildman–Crippen MR) is 94.5 cm³/mol. The van der Waals surface area contributed by atoms with Gasteiger partial charge < -0.3 is 15.0 Å². The molecule has 1 aliphatic rings. The van der Waals surface area contributed by atoms with Gasteiger partial charge in [0.15, 0.2) is 5.75 Å². The number of pyridine rings is 1. The summed E-state index contributed by atoms with van der Waals surface area (Å²) in [5.41, 5.74) is 3.57. The molecule has 0 aliphatic heterocycles. The van der Waals surface area contributed by atoms with E-state index in [-0.39, 0.29) is 11.6 Å². The van der Waals surface area contributed by atoms with E-state index in [4.69, 9.17) is 0 Å². The molecule has 0 saturated heterocycles. The van der Waals surface area contributed by atoms with Crippen LogP contribution in [-0.4, -0.2) is 27.9 Å². The number of nitrogens with zero attached hydrogens (tertiary/aromatic N) is 1. The molecule has 0 radical (unpaired) electrons. The Kier molecular flexibility index (Phi) is 3.42. The molecular weight excluding hydrogens is 316 g/mol. The summed E-state index contributed by atoms with van der Waals surface area (Å²) in [6.07, 6.45) is 1.36. The number of hydrogen-bond acceptors (Lipinski definition) is 3. The van der Waals surface area contributed by atoms with Gasteiger partial charge in [0.2, 0.25) is 0 Å². The summed E-state index contributed by atoms with van der Waals surface area (Å²) in [4.78, 5) is 28.5. The third-order valence-electron chi connectivity index (χ3n) is 4.67. The van der Waals surface area contributed by atoms with Crippen LogP contribution < -0.4 is 5.56 Å². The fourth-order valence-electron chi connectivity index (χ4n) is 3.50. The average molecular weight is 332 g/mol. The maximum atomic E-state index is 12.9. The van der Waals surface area contributed by atoms with Crippen LogP contribution in [0.2, 0.25) is 0 Å². The molecule has 5 heteroatoms. The van der Waals surface area contributed by atoms with Gasteiger partial charge in [0.25, 0.3) is 11.5 Å². The van der Waals surface area contributed by atoms with Crippen LogP contribution in [0.5, 0.6) is 5.75 Å². The zero-order valence-corrected chi connectivity index (χ0v) is 13.6. The second-order valence-corrected chi connectivity index (χ2v) is 6.06. The second-order valence-electron chi connectivity index (χ2n) is 6.06. The molecule has 1 aliphatic carbocycles. The van der Waals surface area contributed by atoms with Crippen molar-refractivity contribution < 1.29 is 9.90 Å². The molecule has 0 saturated carbocycles. The van der Waals surface area contributed by atoms with Crippen molar-refractivity contribution in [3.63, 3.8) is 0 Å². The van der Waals surface area contributed by atoms with Crippen LogP contribution in [0.1, 0.15) is 27.5 Å². The highest BCUT2D eigenvalue weighted by Crippen LogP contribution is 2.46. The normalized spacial score (nSPS) is 12.5. The molecule has 0 bridgehead atoms. The predicted octanol–water partition coefficient (Wildman–Crippen LogP) is 2.92. The van der Waals surface area contributed by atoms with Gasteiger partial charge in [-0.3, -0.25) is 9.59 Å². The second kappa shape index (κ2) is 5.63. The van der Waals surface area contributed by atoms with Crippen molar-refractivity contribution in [1.29, 1.82) is 0 Å². The first-order valence-corrected chi connectivity index (χ1v) is 7.95. The minimum absolute atomic E-state index is 0.00638. The Labute approximate surface area is 144 Å². The number of H-pyrrole nitrogens is 1. The Bertz CT molecular complexity index is 993. The summed E-state index contributed by atoms with van der Waals surface area (Å²) in [7, 11) is 1.69. The third-order valence-corrected chi connectivity index (χ3v) is 4.67. The first-order valence-electron chi connectivity index (χ1n) is 7.95. The molecule has 25 heavy (non-hydrogen) atoms. The Balaban J connectivity index is 1.83. The van der Waals surface area contributed by atoms with E-state index in [0.717, 1.165) is 22.3 Å². The number of aromatic amines is 1. The summed E-state index contributed by atoms with van der Waals surface area (Å²) < 4.78 is 0. The van der Waals surface area contributed by atoms with Crippen molar-refractivity contribution in [3.05, 3.63) is 87.8 Å². The van der Waals surface area contributed by atoms with Gasteiger partial charge >= 0.3 is 0 Å². The summed E-state index contributed by atoms with van der Waals surface area (Å²) in [6, 6.07) is 17.1. The van der Waals surface area contributed by atoms with Crippen LogP contribution in [0.3, 0.4) is 0 Å². The third kappa shape index (κ3) is 2.24.